The van der Waals surface area contributed by atoms with Crippen LogP contribution in [0.25, 0.3) is 33.4 Å². The molecule has 0 fully saturated rings. The molecule has 1 aliphatic heterocycles. The number of nitrogen functional groups attached to an aromatic ring is 1. The third kappa shape index (κ3) is 3.22. The van der Waals surface area contributed by atoms with Crippen molar-refractivity contribution < 1.29 is 24.5 Å². The number of anilines is 1. The lowest BCUT2D eigenvalue weighted by Gasteiger charge is -2.17. The number of Topliss-reactive ketones (excluding diaryl/α,β-unsaturated/α-hetero) is 1. The topological polar surface area (TPSA) is 119 Å². The molecule has 1 aliphatic carbocycles. The Balaban J connectivity index is 2.11. The predicted molar refractivity (Wildman–Crippen MR) is 114 cm³/mol. The molecule has 0 bridgehead atoms. The number of hydrogen-bond acceptors (Lipinski definition) is 4. The van der Waals surface area contributed by atoms with Crippen molar-refractivity contribution in [2.45, 2.75) is 13.8 Å². The van der Waals surface area contributed by atoms with Crippen LogP contribution in [0.15, 0.2) is 59.0 Å². The third-order valence-corrected chi connectivity index (χ3v) is 5.10. The number of hydrogen-bond donors (Lipinski definition) is 3. The summed E-state index contributed by atoms with van der Waals surface area (Å²) >= 11 is 0. The second kappa shape index (κ2) is 7.15. The van der Waals surface area contributed by atoms with Gasteiger partial charge in [-0.1, -0.05) is 26.0 Å². The number of carboxylic acids is 1. The van der Waals surface area contributed by atoms with Crippen LogP contribution in [0, 0.1) is 5.92 Å². The fourth-order valence-electron chi connectivity index (χ4n) is 3.64. The van der Waals surface area contributed by atoms with Gasteiger partial charge in [0.1, 0.15) is 11.3 Å². The van der Waals surface area contributed by atoms with Crippen molar-refractivity contribution in [1.82, 2.24) is 0 Å². The molecule has 0 unspecified atom stereocenters. The van der Waals surface area contributed by atoms with E-state index in [-0.39, 0.29) is 17.3 Å². The van der Waals surface area contributed by atoms with E-state index in [9.17, 15) is 14.7 Å². The molecule has 2 aromatic rings. The summed E-state index contributed by atoms with van der Waals surface area (Å²) in [5.74, 6) is -0.943. The summed E-state index contributed by atoms with van der Waals surface area (Å²) in [7, 11) is 0. The lowest BCUT2D eigenvalue weighted by Crippen LogP contribution is -2.44. The van der Waals surface area contributed by atoms with Crippen molar-refractivity contribution in [3.63, 3.8) is 0 Å². The third-order valence-electron chi connectivity index (χ3n) is 5.10. The number of ketones is 1. The minimum Gasteiger partial charge on any atom is -0.478 e. The first-order chi connectivity index (χ1) is 14.3. The van der Waals surface area contributed by atoms with Gasteiger partial charge in [-0.3, -0.25) is 10.2 Å². The first-order valence-electron chi connectivity index (χ1n) is 9.52. The minimum absolute atomic E-state index is 0.0453. The molecule has 150 valence electrons. The van der Waals surface area contributed by atoms with Gasteiger partial charge in [0.05, 0.1) is 11.6 Å². The number of carboxylic acid groups (broad SMARTS) is 1. The average Bonchev–Trinajstić information content (AvgIpc) is 2.70. The zero-order valence-corrected chi connectivity index (χ0v) is 16.6. The number of fused-ring (bicyclic) bond motifs is 2. The number of carbonyl (C=O) groups excluding carboxylic acids is 1. The standard InChI is InChI=1S/C24H20N2O4/c1-12(2)23(27)13-3-6-16(19(9-13)24(28)29)22-17-7-4-14(25)10-20(17)30-21-11-15(26)5-8-18(21)22/h3-12,25H,26H2,1-2H3,(H,28,29)/p+1. The second-order valence-corrected chi connectivity index (χ2v) is 7.57. The van der Waals surface area contributed by atoms with Crippen LogP contribution in [0.3, 0.4) is 0 Å². The van der Waals surface area contributed by atoms with Crippen LogP contribution in [-0.2, 0) is 0 Å². The fourth-order valence-corrected chi connectivity index (χ4v) is 3.64. The summed E-state index contributed by atoms with van der Waals surface area (Å²) < 4.78 is 6.00. The van der Waals surface area contributed by atoms with E-state index in [0.717, 1.165) is 0 Å². The maximum absolute atomic E-state index is 12.4. The Bertz CT molecular complexity index is 1350. The first-order valence-corrected chi connectivity index (χ1v) is 9.52. The number of carbonyl (C=O) groups is 2. The van der Waals surface area contributed by atoms with Gasteiger partial charge in [0, 0.05) is 45.8 Å². The van der Waals surface area contributed by atoms with E-state index in [4.69, 9.17) is 15.6 Å². The van der Waals surface area contributed by atoms with Crippen molar-refractivity contribution in [1.29, 1.82) is 0 Å². The molecule has 2 aromatic carbocycles. The normalized spacial score (nSPS) is 11.3. The van der Waals surface area contributed by atoms with E-state index < -0.39 is 5.97 Å². The van der Waals surface area contributed by atoms with Crippen LogP contribution in [0.1, 0.15) is 34.6 Å². The Morgan fingerprint density at radius 3 is 2.43 bits per heavy atom. The highest BCUT2D eigenvalue weighted by Crippen LogP contribution is 2.41. The van der Waals surface area contributed by atoms with Crippen molar-refractivity contribution in [3.8, 4) is 22.5 Å². The molecular weight excluding hydrogens is 380 g/mol. The zero-order valence-electron chi connectivity index (χ0n) is 16.6. The van der Waals surface area contributed by atoms with E-state index in [1.807, 2.05) is 0 Å². The molecular formula is C24H21N2O4+. The Morgan fingerprint density at radius 1 is 1.00 bits per heavy atom. The summed E-state index contributed by atoms with van der Waals surface area (Å²) in [6.45, 7) is 3.57. The smallest absolute Gasteiger partial charge is 0.336 e. The van der Waals surface area contributed by atoms with Crippen molar-refractivity contribution >= 4 is 28.4 Å². The van der Waals surface area contributed by atoms with Crippen LogP contribution >= 0.6 is 0 Å². The van der Waals surface area contributed by atoms with Crippen LogP contribution in [0.5, 0.6) is 0 Å². The van der Waals surface area contributed by atoms with E-state index in [1.54, 1.807) is 62.4 Å². The van der Waals surface area contributed by atoms with Gasteiger partial charge >= 0.3 is 5.97 Å². The van der Waals surface area contributed by atoms with Gasteiger partial charge < -0.3 is 15.3 Å². The summed E-state index contributed by atoms with van der Waals surface area (Å²) in [6, 6.07) is 15.3. The molecule has 0 radical (unpaired) electrons. The van der Waals surface area contributed by atoms with Crippen LogP contribution in [-0.4, -0.2) is 16.9 Å². The van der Waals surface area contributed by atoms with Crippen LogP contribution in [0.2, 0.25) is 0 Å². The molecule has 0 aromatic heterocycles. The molecule has 6 heteroatoms. The molecule has 0 spiro atoms. The van der Waals surface area contributed by atoms with E-state index in [2.05, 4.69) is 0 Å². The van der Waals surface area contributed by atoms with Gasteiger partial charge in [-0.15, -0.1) is 0 Å². The maximum Gasteiger partial charge on any atom is 0.336 e. The van der Waals surface area contributed by atoms with E-state index >= 15 is 0 Å². The number of benzene rings is 3. The lowest BCUT2D eigenvalue weighted by atomic mass is 9.88. The van der Waals surface area contributed by atoms with Gasteiger partial charge in [0.15, 0.2) is 11.1 Å². The predicted octanol–water partition coefficient (Wildman–Crippen LogP) is 2.98. The quantitative estimate of drug-likeness (QED) is 0.276. The van der Waals surface area contributed by atoms with Crippen molar-refractivity contribution in [2.24, 2.45) is 5.92 Å². The first kappa shape index (κ1) is 19.4. The van der Waals surface area contributed by atoms with Gasteiger partial charge in [-0.05, 0) is 29.8 Å². The van der Waals surface area contributed by atoms with Crippen molar-refractivity contribution in [2.75, 3.05) is 5.73 Å². The van der Waals surface area contributed by atoms with E-state index in [0.29, 0.717) is 50.0 Å². The number of rotatable bonds is 4. The van der Waals surface area contributed by atoms with Crippen LogP contribution in [0.4, 0.5) is 5.69 Å². The summed E-state index contributed by atoms with van der Waals surface area (Å²) in [4.78, 5) is 24.6. The molecule has 0 atom stereocenters. The minimum atomic E-state index is -1.11. The summed E-state index contributed by atoms with van der Waals surface area (Å²) in [5, 5.41) is 17.1. The second-order valence-electron chi connectivity index (χ2n) is 7.57. The molecule has 2 aliphatic rings. The Labute approximate surface area is 172 Å². The maximum atomic E-state index is 12.4. The molecule has 5 N–H and O–H groups in total. The monoisotopic (exact) mass is 401 g/mol. The Morgan fingerprint density at radius 2 is 1.73 bits per heavy atom. The van der Waals surface area contributed by atoms with Gasteiger partial charge in [0.2, 0.25) is 0 Å². The fraction of sp³-hybridized carbons (Fsp3) is 0.125. The lowest BCUT2D eigenvalue weighted by molar-refractivity contribution is -0.172. The van der Waals surface area contributed by atoms with E-state index in [1.165, 1.54) is 6.07 Å². The van der Waals surface area contributed by atoms with Crippen LogP contribution < -0.4 is 16.5 Å². The highest BCUT2D eigenvalue weighted by Gasteiger charge is 2.23. The van der Waals surface area contributed by atoms with Gasteiger partial charge in [-0.2, -0.15) is 0 Å². The molecule has 0 saturated carbocycles. The number of nitrogens with two attached hydrogens (primary N) is 2. The molecule has 0 saturated heterocycles. The zero-order chi connectivity index (χ0) is 21.6. The summed E-state index contributed by atoms with van der Waals surface area (Å²) in [5.41, 5.74) is 9.28. The molecule has 1 heterocycles. The Kier molecular flexibility index (Phi) is 4.62. The molecule has 30 heavy (non-hydrogen) atoms. The molecule has 4 rings (SSSR count). The molecule has 0 amide bonds. The molecule has 6 nitrogen and oxygen atoms in total. The van der Waals surface area contributed by atoms with Gasteiger partial charge in [-0.25, -0.2) is 4.79 Å². The highest BCUT2D eigenvalue weighted by atomic mass is 16.4. The largest absolute Gasteiger partial charge is 0.478 e. The Hall–Kier alpha value is -3.93. The van der Waals surface area contributed by atoms with Gasteiger partial charge in [0.25, 0.3) is 0 Å². The highest BCUT2D eigenvalue weighted by molar-refractivity contribution is 6.09. The summed E-state index contributed by atoms with van der Waals surface area (Å²) in [6.07, 6.45) is 0. The number of aromatic carboxylic acids is 1. The average molecular weight is 401 g/mol. The van der Waals surface area contributed by atoms with Crippen molar-refractivity contribution in [3.05, 3.63) is 71.1 Å². The SMILES string of the molecule is CC(C)C(=O)c1ccc(-c2c3ccc(=[NH2+])cc-3oc3cc(N)ccc23)c(C(=O)O)c1.